The minimum absolute atomic E-state index is 0.145. The number of carbonyl (C=O) groups is 1. The van der Waals surface area contributed by atoms with Gasteiger partial charge in [0.2, 0.25) is 5.91 Å². The highest BCUT2D eigenvalue weighted by molar-refractivity contribution is 5.78. The summed E-state index contributed by atoms with van der Waals surface area (Å²) in [5.41, 5.74) is 1.33. The van der Waals surface area contributed by atoms with Gasteiger partial charge in [0.1, 0.15) is 0 Å². The Morgan fingerprint density at radius 1 is 1.40 bits per heavy atom. The number of nitrogens with zero attached hydrogens (tertiary/aromatic N) is 1. The third-order valence-corrected chi connectivity index (χ3v) is 3.79. The highest BCUT2D eigenvalue weighted by Crippen LogP contribution is 2.02. The van der Waals surface area contributed by atoms with Gasteiger partial charge in [0.15, 0.2) is 0 Å². The molecule has 1 aliphatic heterocycles. The van der Waals surface area contributed by atoms with Gasteiger partial charge in [-0.3, -0.25) is 9.69 Å². The minimum atomic E-state index is 0.145. The number of nitrogens with one attached hydrogen (secondary N) is 2. The molecule has 2 rings (SSSR count). The number of aryl methyl sites for hydroxylation is 1. The highest BCUT2D eigenvalue weighted by atomic mass is 16.2. The van der Waals surface area contributed by atoms with Crippen LogP contribution in [0.3, 0.4) is 0 Å². The Labute approximate surface area is 121 Å². The van der Waals surface area contributed by atoms with E-state index in [1.807, 2.05) is 6.07 Å². The third-order valence-electron chi connectivity index (χ3n) is 3.79. The van der Waals surface area contributed by atoms with Crippen molar-refractivity contribution >= 4 is 5.91 Å². The minimum Gasteiger partial charge on any atom is -0.355 e. The molecule has 1 aromatic carbocycles. The van der Waals surface area contributed by atoms with Crippen LogP contribution in [0.15, 0.2) is 30.3 Å². The zero-order chi connectivity index (χ0) is 14.2. The Morgan fingerprint density at radius 3 is 2.95 bits per heavy atom. The van der Waals surface area contributed by atoms with Crippen LogP contribution in [0.4, 0.5) is 0 Å². The lowest BCUT2D eigenvalue weighted by atomic mass is 10.1. The molecule has 4 heteroatoms. The monoisotopic (exact) mass is 275 g/mol. The van der Waals surface area contributed by atoms with Gasteiger partial charge in [-0.1, -0.05) is 30.3 Å². The van der Waals surface area contributed by atoms with Crippen LogP contribution in [0.2, 0.25) is 0 Å². The van der Waals surface area contributed by atoms with Crippen molar-refractivity contribution in [1.29, 1.82) is 0 Å². The number of amides is 1. The number of hydrogen-bond donors (Lipinski definition) is 2. The van der Waals surface area contributed by atoms with E-state index in [-0.39, 0.29) is 5.91 Å². The van der Waals surface area contributed by atoms with E-state index >= 15 is 0 Å². The van der Waals surface area contributed by atoms with Crippen LogP contribution in [-0.4, -0.2) is 49.6 Å². The summed E-state index contributed by atoms with van der Waals surface area (Å²) in [4.78, 5) is 14.1. The standard InChI is InChI=1S/C16H25N3O/c1-14-12-17-10-11-19(14)13-16(20)18-9-5-8-15-6-3-2-4-7-15/h2-4,6-7,14,17H,5,8-13H2,1H3,(H,18,20)/t14-/m1/s1. The lowest BCUT2D eigenvalue weighted by Crippen LogP contribution is -2.52. The summed E-state index contributed by atoms with van der Waals surface area (Å²) in [6.45, 7) is 6.35. The molecule has 0 saturated carbocycles. The molecule has 1 saturated heterocycles. The van der Waals surface area contributed by atoms with Crippen molar-refractivity contribution in [3.63, 3.8) is 0 Å². The van der Waals surface area contributed by atoms with E-state index in [1.165, 1.54) is 5.56 Å². The summed E-state index contributed by atoms with van der Waals surface area (Å²) >= 11 is 0. The van der Waals surface area contributed by atoms with Gasteiger partial charge in [-0.25, -0.2) is 0 Å². The predicted octanol–water partition coefficient (Wildman–Crippen LogP) is 1.03. The summed E-state index contributed by atoms with van der Waals surface area (Å²) in [7, 11) is 0. The first-order chi connectivity index (χ1) is 9.75. The average Bonchev–Trinajstić information content (AvgIpc) is 2.47. The number of rotatable bonds is 6. The Morgan fingerprint density at radius 2 is 2.20 bits per heavy atom. The van der Waals surface area contributed by atoms with E-state index in [0.29, 0.717) is 12.6 Å². The van der Waals surface area contributed by atoms with E-state index in [1.54, 1.807) is 0 Å². The molecule has 2 N–H and O–H groups in total. The van der Waals surface area contributed by atoms with Crippen molar-refractivity contribution in [1.82, 2.24) is 15.5 Å². The van der Waals surface area contributed by atoms with Crippen LogP contribution in [0, 0.1) is 0 Å². The third kappa shape index (κ3) is 4.94. The van der Waals surface area contributed by atoms with Crippen molar-refractivity contribution in [3.8, 4) is 0 Å². The molecule has 0 bridgehead atoms. The molecule has 0 aliphatic carbocycles. The SMILES string of the molecule is C[C@@H]1CNCCN1CC(=O)NCCCc1ccccc1. The number of benzene rings is 1. The molecule has 110 valence electrons. The van der Waals surface area contributed by atoms with Crippen molar-refractivity contribution in [2.45, 2.75) is 25.8 Å². The molecule has 0 spiro atoms. The van der Waals surface area contributed by atoms with Gasteiger partial charge in [0, 0.05) is 32.2 Å². The van der Waals surface area contributed by atoms with Crippen LogP contribution in [-0.2, 0) is 11.2 Å². The van der Waals surface area contributed by atoms with E-state index < -0.39 is 0 Å². The molecular weight excluding hydrogens is 250 g/mol. The zero-order valence-electron chi connectivity index (χ0n) is 12.3. The highest BCUT2D eigenvalue weighted by Gasteiger charge is 2.19. The van der Waals surface area contributed by atoms with E-state index in [4.69, 9.17) is 0 Å². The van der Waals surface area contributed by atoms with E-state index in [2.05, 4.69) is 46.7 Å². The molecule has 20 heavy (non-hydrogen) atoms. The Hall–Kier alpha value is -1.39. The molecule has 1 amide bonds. The van der Waals surface area contributed by atoms with Crippen molar-refractivity contribution < 1.29 is 4.79 Å². The first-order valence-electron chi connectivity index (χ1n) is 7.51. The number of piperazine rings is 1. The molecule has 4 nitrogen and oxygen atoms in total. The van der Waals surface area contributed by atoms with Crippen LogP contribution >= 0.6 is 0 Å². The topological polar surface area (TPSA) is 44.4 Å². The smallest absolute Gasteiger partial charge is 0.234 e. The lowest BCUT2D eigenvalue weighted by Gasteiger charge is -2.33. The van der Waals surface area contributed by atoms with Crippen LogP contribution in [0.25, 0.3) is 0 Å². The van der Waals surface area contributed by atoms with Crippen molar-refractivity contribution in [3.05, 3.63) is 35.9 Å². The largest absolute Gasteiger partial charge is 0.355 e. The molecule has 1 aromatic rings. The molecule has 1 fully saturated rings. The molecule has 0 unspecified atom stereocenters. The second kappa shape index (κ2) is 8.02. The summed E-state index contributed by atoms with van der Waals surface area (Å²) in [6.07, 6.45) is 2.01. The fourth-order valence-electron chi connectivity index (χ4n) is 2.52. The maximum Gasteiger partial charge on any atom is 0.234 e. The molecule has 1 heterocycles. The van der Waals surface area contributed by atoms with Gasteiger partial charge in [-0.2, -0.15) is 0 Å². The zero-order valence-corrected chi connectivity index (χ0v) is 12.3. The van der Waals surface area contributed by atoms with Crippen LogP contribution in [0.1, 0.15) is 18.9 Å². The summed E-state index contributed by atoms with van der Waals surface area (Å²) in [5.74, 6) is 0.145. The van der Waals surface area contributed by atoms with Gasteiger partial charge >= 0.3 is 0 Å². The maximum absolute atomic E-state index is 11.9. The summed E-state index contributed by atoms with van der Waals surface area (Å²) in [5, 5.41) is 6.35. The normalized spacial score (nSPS) is 19.8. The predicted molar refractivity (Wildman–Crippen MR) is 81.7 cm³/mol. The Balaban J connectivity index is 1.60. The maximum atomic E-state index is 11.9. The molecular formula is C16H25N3O. The fraction of sp³-hybridized carbons (Fsp3) is 0.562. The lowest BCUT2D eigenvalue weighted by molar-refractivity contribution is -0.122. The average molecular weight is 275 g/mol. The quantitative estimate of drug-likeness (QED) is 0.762. The van der Waals surface area contributed by atoms with Gasteiger partial charge in [-0.05, 0) is 25.3 Å². The summed E-state index contributed by atoms with van der Waals surface area (Å²) in [6, 6.07) is 10.8. The number of hydrogen-bond acceptors (Lipinski definition) is 3. The van der Waals surface area contributed by atoms with Crippen LogP contribution in [0.5, 0.6) is 0 Å². The van der Waals surface area contributed by atoms with Crippen molar-refractivity contribution in [2.24, 2.45) is 0 Å². The first-order valence-corrected chi connectivity index (χ1v) is 7.51. The molecule has 0 radical (unpaired) electrons. The van der Waals surface area contributed by atoms with E-state index in [9.17, 15) is 4.79 Å². The number of carbonyl (C=O) groups excluding carboxylic acids is 1. The molecule has 0 aromatic heterocycles. The Kier molecular flexibility index (Phi) is 6.02. The van der Waals surface area contributed by atoms with Crippen molar-refractivity contribution in [2.75, 3.05) is 32.7 Å². The fourth-order valence-corrected chi connectivity index (χ4v) is 2.52. The molecule has 1 atom stereocenters. The van der Waals surface area contributed by atoms with Gasteiger partial charge < -0.3 is 10.6 Å². The summed E-state index contributed by atoms with van der Waals surface area (Å²) < 4.78 is 0. The second-order valence-corrected chi connectivity index (χ2v) is 5.46. The van der Waals surface area contributed by atoms with Gasteiger partial charge in [-0.15, -0.1) is 0 Å². The Bertz CT molecular complexity index is 407. The molecule has 1 aliphatic rings. The van der Waals surface area contributed by atoms with Crippen LogP contribution < -0.4 is 10.6 Å². The van der Waals surface area contributed by atoms with E-state index in [0.717, 1.165) is 39.0 Å². The van der Waals surface area contributed by atoms with Gasteiger partial charge in [0.25, 0.3) is 0 Å². The second-order valence-electron chi connectivity index (χ2n) is 5.46. The van der Waals surface area contributed by atoms with Gasteiger partial charge in [0.05, 0.1) is 6.54 Å². The first kappa shape index (κ1) is 15.0.